The van der Waals surface area contributed by atoms with Gasteiger partial charge in [0.15, 0.2) is 6.61 Å². The number of carboxylic acids is 1. The highest BCUT2D eigenvalue weighted by molar-refractivity contribution is 5.86. The second-order valence-corrected chi connectivity index (χ2v) is 9.33. The number of fused-ring (bicyclic) bond motifs is 2. The zero-order valence-electron chi connectivity index (χ0n) is 19.5. The van der Waals surface area contributed by atoms with Crippen molar-refractivity contribution in [2.24, 2.45) is 0 Å². The van der Waals surface area contributed by atoms with Crippen LogP contribution in [-0.4, -0.2) is 29.6 Å². The minimum Gasteiger partial charge on any atom is -0.484 e. The molecule has 180 valence electrons. The highest BCUT2D eigenvalue weighted by Gasteiger charge is 2.20. The SMILES string of the molecule is O=C(O)CC(c1ccc2ccc(OCC(=O)NC3CCCCC3)cc2c1)c1ccc2occc2c1. The Balaban J connectivity index is 1.35. The van der Waals surface area contributed by atoms with Crippen LogP contribution in [0.25, 0.3) is 21.7 Å². The van der Waals surface area contributed by atoms with E-state index in [0.717, 1.165) is 58.6 Å². The van der Waals surface area contributed by atoms with Crippen molar-refractivity contribution in [3.63, 3.8) is 0 Å². The number of nitrogens with one attached hydrogen (secondary N) is 1. The molecule has 0 bridgehead atoms. The van der Waals surface area contributed by atoms with Crippen LogP contribution >= 0.6 is 0 Å². The molecule has 1 aliphatic rings. The van der Waals surface area contributed by atoms with Crippen molar-refractivity contribution in [2.45, 2.75) is 50.5 Å². The van der Waals surface area contributed by atoms with Crippen LogP contribution in [0.4, 0.5) is 0 Å². The highest BCUT2D eigenvalue weighted by atomic mass is 16.5. The van der Waals surface area contributed by atoms with Gasteiger partial charge in [-0.25, -0.2) is 0 Å². The number of ether oxygens (including phenoxy) is 1. The van der Waals surface area contributed by atoms with Crippen molar-refractivity contribution in [3.8, 4) is 5.75 Å². The summed E-state index contributed by atoms with van der Waals surface area (Å²) in [7, 11) is 0. The van der Waals surface area contributed by atoms with E-state index in [4.69, 9.17) is 9.15 Å². The molecule has 6 heteroatoms. The maximum absolute atomic E-state index is 12.3. The van der Waals surface area contributed by atoms with E-state index in [1.807, 2.05) is 60.7 Å². The summed E-state index contributed by atoms with van der Waals surface area (Å²) in [6.45, 7) is -0.0198. The van der Waals surface area contributed by atoms with Crippen molar-refractivity contribution < 1.29 is 23.8 Å². The normalized spacial score (nSPS) is 15.2. The smallest absolute Gasteiger partial charge is 0.304 e. The molecule has 1 unspecified atom stereocenters. The summed E-state index contributed by atoms with van der Waals surface area (Å²) in [6.07, 6.45) is 7.26. The van der Waals surface area contributed by atoms with Crippen LogP contribution in [-0.2, 0) is 9.59 Å². The molecule has 5 rings (SSSR count). The molecule has 3 aromatic carbocycles. The van der Waals surface area contributed by atoms with Crippen molar-refractivity contribution in [2.75, 3.05) is 6.61 Å². The Kier molecular flexibility index (Phi) is 6.70. The Morgan fingerprint density at radius 1 is 0.914 bits per heavy atom. The van der Waals surface area contributed by atoms with Crippen LogP contribution < -0.4 is 10.1 Å². The minimum atomic E-state index is -0.858. The Morgan fingerprint density at radius 2 is 1.66 bits per heavy atom. The molecule has 35 heavy (non-hydrogen) atoms. The molecule has 1 fully saturated rings. The van der Waals surface area contributed by atoms with Gasteiger partial charge in [-0.2, -0.15) is 0 Å². The van der Waals surface area contributed by atoms with E-state index in [1.54, 1.807) is 6.26 Å². The predicted octanol–water partition coefficient (Wildman–Crippen LogP) is 6.02. The van der Waals surface area contributed by atoms with Gasteiger partial charge in [0.05, 0.1) is 12.7 Å². The second-order valence-electron chi connectivity index (χ2n) is 9.33. The summed E-state index contributed by atoms with van der Waals surface area (Å²) in [6, 6.07) is 19.6. The van der Waals surface area contributed by atoms with E-state index in [0.29, 0.717) is 5.75 Å². The zero-order valence-corrected chi connectivity index (χ0v) is 19.5. The number of hydrogen-bond acceptors (Lipinski definition) is 4. The van der Waals surface area contributed by atoms with E-state index < -0.39 is 5.97 Å². The van der Waals surface area contributed by atoms with Crippen LogP contribution in [0, 0.1) is 0 Å². The molecule has 1 amide bonds. The number of hydrogen-bond donors (Lipinski definition) is 2. The van der Waals surface area contributed by atoms with Gasteiger partial charge in [0.1, 0.15) is 11.3 Å². The summed E-state index contributed by atoms with van der Waals surface area (Å²) < 4.78 is 11.2. The standard InChI is InChI=1S/C29H29NO5/c31-28(30-24-4-2-1-3-5-24)18-35-25-10-8-19-6-7-20(15-23(19)16-25)26(17-29(32)33)21-9-11-27-22(14-21)12-13-34-27/h6-16,24,26H,1-5,17-18H2,(H,30,31)(H,32,33). The molecule has 2 N–H and O–H groups in total. The molecule has 4 aromatic rings. The van der Waals surface area contributed by atoms with Gasteiger partial charge >= 0.3 is 5.97 Å². The Bertz CT molecular complexity index is 1350. The third kappa shape index (κ3) is 5.48. The first-order chi connectivity index (χ1) is 17.0. The molecule has 0 saturated heterocycles. The molecule has 0 aliphatic heterocycles. The number of carbonyl (C=O) groups is 2. The van der Waals surface area contributed by atoms with E-state index in [1.165, 1.54) is 6.42 Å². The summed E-state index contributed by atoms with van der Waals surface area (Å²) >= 11 is 0. The van der Waals surface area contributed by atoms with E-state index >= 15 is 0 Å². The molecule has 1 aliphatic carbocycles. The molecule has 1 saturated carbocycles. The fraction of sp³-hybridized carbons (Fsp3) is 0.310. The number of aliphatic carboxylic acids is 1. The lowest BCUT2D eigenvalue weighted by Crippen LogP contribution is -2.38. The largest absolute Gasteiger partial charge is 0.484 e. The van der Waals surface area contributed by atoms with Crippen molar-refractivity contribution in [1.29, 1.82) is 0 Å². The van der Waals surface area contributed by atoms with Crippen LogP contribution in [0.3, 0.4) is 0 Å². The predicted molar refractivity (Wildman–Crippen MR) is 135 cm³/mol. The van der Waals surface area contributed by atoms with Gasteiger partial charge in [-0.05, 0) is 65.1 Å². The van der Waals surface area contributed by atoms with E-state index in [9.17, 15) is 14.7 Å². The molecular formula is C29H29NO5. The lowest BCUT2D eigenvalue weighted by atomic mass is 9.87. The lowest BCUT2D eigenvalue weighted by Gasteiger charge is -2.22. The number of carbonyl (C=O) groups excluding carboxylic acids is 1. The molecule has 0 radical (unpaired) electrons. The number of amides is 1. The maximum Gasteiger partial charge on any atom is 0.304 e. The van der Waals surface area contributed by atoms with Crippen molar-refractivity contribution >= 4 is 33.6 Å². The van der Waals surface area contributed by atoms with E-state index in [2.05, 4.69) is 5.32 Å². The molecule has 0 spiro atoms. The number of benzene rings is 3. The average molecular weight is 472 g/mol. The third-order valence-electron chi connectivity index (χ3n) is 6.84. The van der Waals surface area contributed by atoms with Gasteiger partial charge in [-0.15, -0.1) is 0 Å². The van der Waals surface area contributed by atoms with Crippen molar-refractivity contribution in [1.82, 2.24) is 5.32 Å². The van der Waals surface area contributed by atoms with Gasteiger partial charge in [-0.1, -0.05) is 49.6 Å². The summed E-state index contributed by atoms with van der Waals surface area (Å²) in [5.74, 6) is -0.643. The van der Waals surface area contributed by atoms with Gasteiger partial charge in [0.2, 0.25) is 0 Å². The van der Waals surface area contributed by atoms with Gasteiger partial charge in [0.25, 0.3) is 5.91 Å². The summed E-state index contributed by atoms with van der Waals surface area (Å²) in [4.78, 5) is 24.0. The number of rotatable bonds is 8. The molecule has 1 aromatic heterocycles. The van der Waals surface area contributed by atoms with Gasteiger partial charge in [-0.3, -0.25) is 9.59 Å². The third-order valence-corrected chi connectivity index (χ3v) is 6.84. The molecule has 1 atom stereocenters. The van der Waals surface area contributed by atoms with Gasteiger partial charge < -0.3 is 19.6 Å². The highest BCUT2D eigenvalue weighted by Crippen LogP contribution is 2.33. The first kappa shape index (κ1) is 23.0. The van der Waals surface area contributed by atoms with Crippen LogP contribution in [0.2, 0.25) is 0 Å². The maximum atomic E-state index is 12.3. The monoisotopic (exact) mass is 471 g/mol. The molecular weight excluding hydrogens is 442 g/mol. The Hall–Kier alpha value is -3.80. The van der Waals surface area contributed by atoms with E-state index in [-0.39, 0.29) is 30.9 Å². The topological polar surface area (TPSA) is 88.8 Å². The molecule has 1 heterocycles. The Morgan fingerprint density at radius 3 is 2.46 bits per heavy atom. The average Bonchev–Trinajstić information content (AvgIpc) is 3.34. The fourth-order valence-electron chi connectivity index (χ4n) is 5.02. The second kappa shape index (κ2) is 10.2. The van der Waals surface area contributed by atoms with Gasteiger partial charge in [0, 0.05) is 17.3 Å². The lowest BCUT2D eigenvalue weighted by molar-refractivity contribution is -0.137. The molecule has 6 nitrogen and oxygen atoms in total. The Labute approximate surface area is 203 Å². The fourth-order valence-corrected chi connectivity index (χ4v) is 5.02. The van der Waals surface area contributed by atoms with Crippen molar-refractivity contribution in [3.05, 3.63) is 78.1 Å². The van der Waals surface area contributed by atoms with Crippen LogP contribution in [0.5, 0.6) is 5.75 Å². The van der Waals surface area contributed by atoms with Crippen LogP contribution in [0.1, 0.15) is 55.6 Å². The number of carboxylic acid groups (broad SMARTS) is 1. The number of furan rings is 1. The zero-order chi connectivity index (χ0) is 24.2. The van der Waals surface area contributed by atoms with Crippen LogP contribution in [0.15, 0.2) is 71.3 Å². The first-order valence-electron chi connectivity index (χ1n) is 12.2. The minimum absolute atomic E-state index is 0.0198. The quantitative estimate of drug-likeness (QED) is 0.328. The first-order valence-corrected chi connectivity index (χ1v) is 12.2. The summed E-state index contributed by atoms with van der Waals surface area (Å²) in [5.41, 5.74) is 2.61. The summed E-state index contributed by atoms with van der Waals surface area (Å²) in [5, 5.41) is 15.6.